The van der Waals surface area contributed by atoms with E-state index < -0.39 is 23.8 Å². The van der Waals surface area contributed by atoms with Crippen LogP contribution in [0.4, 0.5) is 13.2 Å². The third-order valence-electron chi connectivity index (χ3n) is 5.05. The summed E-state index contributed by atoms with van der Waals surface area (Å²) >= 11 is 0. The molecule has 2 saturated heterocycles. The zero-order valence-electron chi connectivity index (χ0n) is 13.3. The Morgan fingerprint density at radius 3 is 2.83 bits per heavy atom. The molecule has 2 atom stereocenters. The molecule has 4 nitrogen and oxygen atoms in total. The predicted molar refractivity (Wildman–Crippen MR) is 82.3 cm³/mol. The molecule has 2 aliphatic heterocycles. The highest BCUT2D eigenvalue weighted by Gasteiger charge is 2.42. The quantitative estimate of drug-likeness (QED) is 0.881. The monoisotopic (exact) mass is 342 g/mol. The first-order valence-corrected chi connectivity index (χ1v) is 8.13. The van der Waals surface area contributed by atoms with E-state index >= 15 is 0 Å². The fourth-order valence-electron chi connectivity index (χ4n) is 3.66. The first kappa shape index (κ1) is 17.2. The van der Waals surface area contributed by atoms with Gasteiger partial charge in [-0.2, -0.15) is 13.2 Å². The van der Waals surface area contributed by atoms with Gasteiger partial charge in [-0.15, -0.1) is 0 Å². The Bertz CT molecular complexity index is 612. The first-order chi connectivity index (χ1) is 11.3. The van der Waals surface area contributed by atoms with Crippen LogP contribution in [0.1, 0.15) is 24.0 Å². The highest BCUT2D eigenvalue weighted by Crippen LogP contribution is 2.36. The van der Waals surface area contributed by atoms with Crippen molar-refractivity contribution in [3.8, 4) is 0 Å². The van der Waals surface area contributed by atoms with Gasteiger partial charge < -0.3 is 15.3 Å². The molecule has 1 amide bonds. The summed E-state index contributed by atoms with van der Waals surface area (Å²) in [5, 5.41) is 13.5. The number of nitrogens with one attached hydrogen (secondary N) is 1. The topological polar surface area (TPSA) is 52.6 Å². The van der Waals surface area contributed by atoms with Gasteiger partial charge in [-0.1, -0.05) is 18.2 Å². The van der Waals surface area contributed by atoms with Crippen LogP contribution in [0.15, 0.2) is 24.3 Å². The number of aliphatic hydroxyl groups excluding tert-OH is 1. The van der Waals surface area contributed by atoms with Crippen molar-refractivity contribution >= 4 is 5.91 Å². The summed E-state index contributed by atoms with van der Waals surface area (Å²) in [4.78, 5) is 14.0. The van der Waals surface area contributed by atoms with E-state index in [0.717, 1.165) is 38.1 Å². The smallest absolute Gasteiger partial charge is 0.383 e. The molecule has 0 saturated carbocycles. The fraction of sp³-hybridized carbons (Fsp3) is 0.588. The van der Waals surface area contributed by atoms with Crippen molar-refractivity contribution in [2.75, 3.05) is 26.2 Å². The fourth-order valence-corrected chi connectivity index (χ4v) is 3.66. The molecular weight excluding hydrogens is 321 g/mol. The van der Waals surface area contributed by atoms with Gasteiger partial charge in [-0.25, -0.2) is 0 Å². The molecule has 0 radical (unpaired) electrons. The van der Waals surface area contributed by atoms with Crippen LogP contribution in [-0.4, -0.2) is 48.2 Å². The third kappa shape index (κ3) is 3.57. The van der Waals surface area contributed by atoms with Crippen LogP contribution >= 0.6 is 0 Å². The number of carbonyl (C=O) groups is 1. The molecular formula is C17H21F3N2O2. The lowest BCUT2D eigenvalue weighted by atomic mass is 9.86. The number of alkyl halides is 3. The average molecular weight is 342 g/mol. The van der Waals surface area contributed by atoms with Gasteiger partial charge in [-0.05, 0) is 31.0 Å². The summed E-state index contributed by atoms with van der Waals surface area (Å²) in [5.74, 6) is -0.392. The number of hydrogen-bond acceptors (Lipinski definition) is 3. The van der Waals surface area contributed by atoms with Crippen molar-refractivity contribution in [1.29, 1.82) is 0 Å². The summed E-state index contributed by atoms with van der Waals surface area (Å²) < 4.78 is 38.2. The lowest BCUT2D eigenvalue weighted by molar-refractivity contribution is -0.139. The van der Waals surface area contributed by atoms with Gasteiger partial charge in [0.15, 0.2) is 0 Å². The Morgan fingerprint density at radius 2 is 2.17 bits per heavy atom. The van der Waals surface area contributed by atoms with Gasteiger partial charge in [-0.3, -0.25) is 4.79 Å². The van der Waals surface area contributed by atoms with E-state index in [-0.39, 0.29) is 11.8 Å². The zero-order chi connectivity index (χ0) is 17.4. The van der Waals surface area contributed by atoms with E-state index in [1.165, 1.54) is 12.1 Å². The lowest BCUT2D eigenvalue weighted by Gasteiger charge is -2.24. The molecule has 3 rings (SSSR count). The SMILES string of the molecule is O=C([C@@H](O)Cc1cccc(C(F)(F)F)c1)N1CC[C@@]2(CCNC2)C1. The maximum Gasteiger partial charge on any atom is 0.416 e. The van der Waals surface area contributed by atoms with E-state index in [1.54, 1.807) is 4.90 Å². The van der Waals surface area contributed by atoms with Gasteiger partial charge in [0, 0.05) is 31.5 Å². The van der Waals surface area contributed by atoms with Gasteiger partial charge in [0.2, 0.25) is 0 Å². The largest absolute Gasteiger partial charge is 0.416 e. The van der Waals surface area contributed by atoms with Crippen LogP contribution in [0.5, 0.6) is 0 Å². The van der Waals surface area contributed by atoms with E-state index in [0.29, 0.717) is 18.7 Å². The standard InChI is InChI=1S/C17H21F3N2O2/c18-17(19,20)13-3-1-2-12(8-13)9-14(23)15(24)22-7-5-16(11-22)4-6-21-10-16/h1-3,8,14,21,23H,4-7,9-11H2/t14-,16+/m0/s1. The van der Waals surface area contributed by atoms with Crippen molar-refractivity contribution in [2.24, 2.45) is 5.41 Å². The number of halogens is 3. The molecule has 7 heteroatoms. The summed E-state index contributed by atoms with van der Waals surface area (Å²) in [6, 6.07) is 4.76. The minimum atomic E-state index is -4.43. The van der Waals surface area contributed by atoms with Gasteiger partial charge in [0.25, 0.3) is 5.91 Å². The molecule has 0 bridgehead atoms. The molecule has 0 aromatic heterocycles. The Kier molecular flexibility index (Phi) is 4.57. The molecule has 2 N–H and O–H groups in total. The molecule has 2 heterocycles. The van der Waals surface area contributed by atoms with E-state index in [9.17, 15) is 23.1 Å². The summed E-state index contributed by atoms with van der Waals surface area (Å²) in [7, 11) is 0. The molecule has 1 aromatic rings. The molecule has 2 aliphatic rings. The number of rotatable bonds is 3. The minimum absolute atomic E-state index is 0.103. The van der Waals surface area contributed by atoms with Crippen LogP contribution in [0.2, 0.25) is 0 Å². The van der Waals surface area contributed by atoms with Crippen molar-refractivity contribution < 1.29 is 23.1 Å². The average Bonchev–Trinajstić information content (AvgIpc) is 3.16. The Labute approximate surface area is 138 Å². The van der Waals surface area contributed by atoms with E-state index in [4.69, 9.17) is 0 Å². The van der Waals surface area contributed by atoms with Crippen LogP contribution in [0.25, 0.3) is 0 Å². The van der Waals surface area contributed by atoms with Gasteiger partial charge in [0.05, 0.1) is 5.56 Å². The second-order valence-corrected chi connectivity index (χ2v) is 6.85. The maximum atomic E-state index is 12.7. The van der Waals surface area contributed by atoms with Crippen LogP contribution < -0.4 is 5.32 Å². The van der Waals surface area contributed by atoms with Crippen LogP contribution in [-0.2, 0) is 17.4 Å². The van der Waals surface area contributed by atoms with Crippen LogP contribution in [0, 0.1) is 5.41 Å². The number of aliphatic hydroxyl groups is 1. The molecule has 132 valence electrons. The van der Waals surface area contributed by atoms with Crippen molar-refractivity contribution in [2.45, 2.75) is 31.5 Å². The summed E-state index contributed by atoms with van der Waals surface area (Å²) in [6.45, 7) is 3.02. The maximum absolute atomic E-state index is 12.7. The number of likely N-dealkylation sites (tertiary alicyclic amines) is 1. The number of carbonyl (C=O) groups excluding carboxylic acids is 1. The second-order valence-electron chi connectivity index (χ2n) is 6.85. The molecule has 0 aliphatic carbocycles. The lowest BCUT2D eigenvalue weighted by Crippen LogP contribution is -2.40. The number of benzene rings is 1. The summed E-state index contributed by atoms with van der Waals surface area (Å²) in [6.07, 6.45) is -3.92. The zero-order valence-corrected chi connectivity index (χ0v) is 13.3. The molecule has 24 heavy (non-hydrogen) atoms. The minimum Gasteiger partial charge on any atom is -0.383 e. The number of hydrogen-bond donors (Lipinski definition) is 2. The van der Waals surface area contributed by atoms with Gasteiger partial charge >= 0.3 is 6.18 Å². The van der Waals surface area contributed by atoms with Crippen LogP contribution in [0.3, 0.4) is 0 Å². The molecule has 0 unspecified atom stereocenters. The highest BCUT2D eigenvalue weighted by atomic mass is 19.4. The van der Waals surface area contributed by atoms with Crippen molar-refractivity contribution in [1.82, 2.24) is 10.2 Å². The van der Waals surface area contributed by atoms with Crippen molar-refractivity contribution in [3.05, 3.63) is 35.4 Å². The Hall–Kier alpha value is -1.60. The van der Waals surface area contributed by atoms with E-state index in [1.807, 2.05) is 0 Å². The van der Waals surface area contributed by atoms with Crippen molar-refractivity contribution in [3.63, 3.8) is 0 Å². The molecule has 1 aromatic carbocycles. The Balaban J connectivity index is 1.63. The normalized spacial score (nSPS) is 25.4. The molecule has 1 spiro atoms. The first-order valence-electron chi connectivity index (χ1n) is 8.13. The highest BCUT2D eigenvalue weighted by molar-refractivity contribution is 5.81. The number of amides is 1. The molecule has 2 fully saturated rings. The second kappa shape index (κ2) is 6.37. The van der Waals surface area contributed by atoms with E-state index in [2.05, 4.69) is 5.32 Å². The number of nitrogens with zero attached hydrogens (tertiary/aromatic N) is 1. The predicted octanol–water partition coefficient (Wildman–Crippen LogP) is 1.82. The summed E-state index contributed by atoms with van der Waals surface area (Å²) in [5.41, 5.74) is -0.357. The Morgan fingerprint density at radius 1 is 1.38 bits per heavy atom. The third-order valence-corrected chi connectivity index (χ3v) is 5.05. The van der Waals surface area contributed by atoms with Gasteiger partial charge in [0.1, 0.15) is 6.10 Å².